The van der Waals surface area contributed by atoms with E-state index in [0.717, 1.165) is 29.3 Å². The van der Waals surface area contributed by atoms with Crippen molar-refractivity contribution >= 4 is 11.8 Å². The molecule has 0 radical (unpaired) electrons. The van der Waals surface area contributed by atoms with E-state index in [1.54, 1.807) is 13.0 Å². The molecule has 1 atom stereocenters. The summed E-state index contributed by atoms with van der Waals surface area (Å²) in [5.41, 5.74) is 1.99. The van der Waals surface area contributed by atoms with Crippen LogP contribution < -0.4 is 4.90 Å². The normalized spacial score (nSPS) is 19.1. The largest absolute Gasteiger partial charge is 0.462 e. The third kappa shape index (κ3) is 4.04. The van der Waals surface area contributed by atoms with Crippen molar-refractivity contribution in [2.75, 3.05) is 13.2 Å². The monoisotopic (exact) mass is 280 g/mol. The number of ether oxygens (including phenoxy) is 1. The fraction of sp³-hybridized carbons (Fsp3) is 0.625. The van der Waals surface area contributed by atoms with Gasteiger partial charge in [-0.25, -0.2) is 4.79 Å². The van der Waals surface area contributed by atoms with E-state index in [1.165, 1.54) is 19.3 Å². The summed E-state index contributed by atoms with van der Waals surface area (Å²) in [6.45, 7) is 8.94. The van der Waals surface area contributed by atoms with E-state index < -0.39 is 5.97 Å². The van der Waals surface area contributed by atoms with Crippen molar-refractivity contribution in [2.24, 2.45) is 0 Å². The summed E-state index contributed by atoms with van der Waals surface area (Å²) >= 11 is 0. The summed E-state index contributed by atoms with van der Waals surface area (Å²) in [4.78, 5) is 25.0. The molecule has 1 unspecified atom stereocenters. The van der Waals surface area contributed by atoms with Crippen molar-refractivity contribution in [3.63, 3.8) is 0 Å². The zero-order chi connectivity index (χ0) is 15.1. The minimum atomic E-state index is -0.496. The smallest absolute Gasteiger partial charge is 0.347 e. The van der Waals surface area contributed by atoms with Crippen molar-refractivity contribution in [3.05, 3.63) is 23.0 Å². The molecule has 112 valence electrons. The Balaban J connectivity index is 2.84. The molecule has 1 rings (SSSR count). The average Bonchev–Trinajstić information content (AvgIpc) is 2.37. The van der Waals surface area contributed by atoms with Gasteiger partial charge in [0.15, 0.2) is 5.57 Å². The van der Waals surface area contributed by atoms with E-state index in [9.17, 15) is 9.59 Å². The Hall–Kier alpha value is -1.42. The zero-order valence-electron chi connectivity index (χ0n) is 13.0. The van der Waals surface area contributed by atoms with Gasteiger partial charge in [0.1, 0.15) is 11.4 Å². The second-order valence-electron chi connectivity index (χ2n) is 5.20. The molecule has 0 saturated carbocycles. The quantitative estimate of drug-likeness (QED) is 0.439. The Labute approximate surface area is 121 Å². The molecule has 0 fully saturated rings. The first-order chi connectivity index (χ1) is 9.52. The molecule has 1 N–H and O–H groups in total. The molecule has 0 aromatic rings. The van der Waals surface area contributed by atoms with Crippen LogP contribution in [0.4, 0.5) is 0 Å². The van der Waals surface area contributed by atoms with Gasteiger partial charge in [-0.1, -0.05) is 19.8 Å². The number of quaternary nitrogens is 1. The molecular formula is C16H26NO3+. The SMILES string of the molecule is CCCCCC[NH+]1C(C)=CC(=O)C(C(=O)OCC)=C1C. The van der Waals surface area contributed by atoms with Crippen molar-refractivity contribution in [1.29, 1.82) is 0 Å². The molecule has 20 heavy (non-hydrogen) atoms. The number of nitrogens with one attached hydrogen (secondary N) is 1. The Morgan fingerprint density at radius 2 is 1.90 bits per heavy atom. The molecule has 0 aromatic heterocycles. The summed E-state index contributed by atoms with van der Waals surface area (Å²) in [5, 5.41) is 0. The Morgan fingerprint density at radius 1 is 1.20 bits per heavy atom. The minimum absolute atomic E-state index is 0.211. The molecule has 0 amide bonds. The highest BCUT2D eigenvalue weighted by molar-refractivity contribution is 6.22. The number of carbonyl (C=O) groups is 2. The van der Waals surface area contributed by atoms with Gasteiger partial charge < -0.3 is 4.74 Å². The van der Waals surface area contributed by atoms with Gasteiger partial charge in [-0.05, 0) is 19.8 Å². The van der Waals surface area contributed by atoms with Crippen LogP contribution in [-0.4, -0.2) is 24.9 Å². The molecule has 0 aromatic carbocycles. The van der Waals surface area contributed by atoms with Crippen LogP contribution in [0, 0.1) is 0 Å². The maximum absolute atomic E-state index is 12.0. The van der Waals surface area contributed by atoms with Gasteiger partial charge in [0.25, 0.3) is 0 Å². The summed E-state index contributed by atoms with van der Waals surface area (Å²) in [7, 11) is 0. The van der Waals surface area contributed by atoms with Gasteiger partial charge in [-0.3, -0.25) is 9.69 Å². The minimum Gasteiger partial charge on any atom is -0.462 e. The predicted molar refractivity (Wildman–Crippen MR) is 78.1 cm³/mol. The maximum atomic E-state index is 12.0. The molecule has 0 saturated heterocycles. The number of unbranched alkanes of at least 4 members (excludes halogenated alkanes) is 3. The van der Waals surface area contributed by atoms with E-state index in [0.29, 0.717) is 0 Å². The standard InChI is InChI=1S/C16H25NO3/c1-5-7-8-9-10-17-12(3)11-14(18)15(13(17)4)16(19)20-6-2/h11H,5-10H2,1-4H3/p+1. The van der Waals surface area contributed by atoms with E-state index in [4.69, 9.17) is 4.74 Å². The van der Waals surface area contributed by atoms with E-state index in [1.807, 2.05) is 13.8 Å². The lowest BCUT2D eigenvalue weighted by Crippen LogP contribution is -3.08. The van der Waals surface area contributed by atoms with Crippen LogP contribution in [0.5, 0.6) is 0 Å². The topological polar surface area (TPSA) is 47.8 Å². The number of esters is 1. The third-order valence-corrected chi connectivity index (χ3v) is 3.66. The number of allylic oxidation sites excluding steroid dienone is 3. The van der Waals surface area contributed by atoms with Crippen LogP contribution in [0.25, 0.3) is 0 Å². The number of hydrogen-bond donors (Lipinski definition) is 1. The van der Waals surface area contributed by atoms with Crippen LogP contribution in [-0.2, 0) is 14.3 Å². The first kappa shape index (κ1) is 16.6. The summed E-state index contributed by atoms with van der Waals surface area (Å²) in [6.07, 6.45) is 6.27. The third-order valence-electron chi connectivity index (χ3n) is 3.66. The molecular weight excluding hydrogens is 254 g/mol. The fourth-order valence-electron chi connectivity index (χ4n) is 2.56. The van der Waals surface area contributed by atoms with Crippen LogP contribution in [0.2, 0.25) is 0 Å². The van der Waals surface area contributed by atoms with E-state index >= 15 is 0 Å². The molecule has 0 spiro atoms. The van der Waals surface area contributed by atoms with Crippen LogP contribution >= 0.6 is 0 Å². The van der Waals surface area contributed by atoms with Crippen molar-refractivity contribution in [2.45, 2.75) is 53.4 Å². The lowest BCUT2D eigenvalue weighted by molar-refractivity contribution is -0.820. The van der Waals surface area contributed by atoms with Crippen molar-refractivity contribution in [3.8, 4) is 0 Å². The Kier molecular flexibility index (Phi) is 6.65. The summed E-state index contributed by atoms with van der Waals surface area (Å²) in [5.74, 6) is -0.722. The van der Waals surface area contributed by atoms with Crippen molar-refractivity contribution in [1.82, 2.24) is 0 Å². The van der Waals surface area contributed by atoms with Crippen molar-refractivity contribution < 1.29 is 19.2 Å². The summed E-state index contributed by atoms with van der Waals surface area (Å²) in [6, 6.07) is 0. The first-order valence-electron chi connectivity index (χ1n) is 7.50. The average molecular weight is 280 g/mol. The fourth-order valence-corrected chi connectivity index (χ4v) is 2.56. The Bertz CT molecular complexity index is 435. The second kappa shape index (κ2) is 8.00. The van der Waals surface area contributed by atoms with Crippen LogP contribution in [0.15, 0.2) is 23.0 Å². The molecule has 0 aliphatic carbocycles. The number of hydrogen-bond acceptors (Lipinski definition) is 3. The highest BCUT2D eigenvalue weighted by Crippen LogP contribution is 2.11. The number of carbonyl (C=O) groups excluding carboxylic acids is 2. The first-order valence-corrected chi connectivity index (χ1v) is 7.50. The maximum Gasteiger partial charge on any atom is 0.347 e. The highest BCUT2D eigenvalue weighted by Gasteiger charge is 2.32. The van der Waals surface area contributed by atoms with E-state index in [2.05, 4.69) is 6.92 Å². The van der Waals surface area contributed by atoms with Crippen LogP contribution in [0.1, 0.15) is 53.4 Å². The molecule has 0 bridgehead atoms. The molecule has 1 heterocycles. The highest BCUT2D eigenvalue weighted by atomic mass is 16.5. The lowest BCUT2D eigenvalue weighted by atomic mass is 10.0. The molecule has 4 nitrogen and oxygen atoms in total. The Morgan fingerprint density at radius 3 is 2.50 bits per heavy atom. The van der Waals surface area contributed by atoms with E-state index in [-0.39, 0.29) is 18.0 Å². The zero-order valence-corrected chi connectivity index (χ0v) is 13.0. The van der Waals surface area contributed by atoms with Gasteiger partial charge in [-0.2, -0.15) is 0 Å². The van der Waals surface area contributed by atoms with Gasteiger partial charge in [-0.15, -0.1) is 0 Å². The van der Waals surface area contributed by atoms with Gasteiger partial charge in [0.2, 0.25) is 5.78 Å². The lowest BCUT2D eigenvalue weighted by Gasteiger charge is -2.24. The predicted octanol–water partition coefficient (Wildman–Crippen LogP) is 1.78. The van der Waals surface area contributed by atoms with Gasteiger partial charge in [0, 0.05) is 19.9 Å². The molecule has 4 heteroatoms. The number of rotatable bonds is 7. The van der Waals surface area contributed by atoms with Crippen LogP contribution in [0.3, 0.4) is 0 Å². The van der Waals surface area contributed by atoms with Gasteiger partial charge in [0.05, 0.1) is 13.2 Å². The summed E-state index contributed by atoms with van der Waals surface area (Å²) < 4.78 is 4.99. The molecule has 1 aliphatic heterocycles. The number of ketones is 1. The van der Waals surface area contributed by atoms with Gasteiger partial charge >= 0.3 is 5.97 Å². The second-order valence-corrected chi connectivity index (χ2v) is 5.20. The molecule has 1 aliphatic rings.